The molecule has 2 rings (SSSR count). The molecule has 1 amide bonds. The van der Waals surface area contributed by atoms with E-state index < -0.39 is 15.9 Å². The second kappa shape index (κ2) is 5.63. The molecule has 2 heterocycles. The van der Waals surface area contributed by atoms with E-state index in [-0.39, 0.29) is 15.6 Å². The van der Waals surface area contributed by atoms with Gasteiger partial charge in [-0.1, -0.05) is 6.07 Å². The molecule has 0 radical (unpaired) electrons. The zero-order valence-corrected chi connectivity index (χ0v) is 12.6. The number of nitrogens with one attached hydrogen (secondary N) is 2. The number of hydrogen-bond acceptors (Lipinski definition) is 5. The van der Waals surface area contributed by atoms with Crippen molar-refractivity contribution in [2.75, 3.05) is 11.8 Å². The quantitative estimate of drug-likeness (QED) is 0.865. The Hall–Kier alpha value is -1.87. The van der Waals surface area contributed by atoms with Gasteiger partial charge in [0.1, 0.15) is 4.21 Å². The maximum absolute atomic E-state index is 12.2. The minimum atomic E-state index is -3.69. The molecule has 20 heavy (non-hydrogen) atoms. The highest BCUT2D eigenvalue weighted by Crippen LogP contribution is 2.22. The van der Waals surface area contributed by atoms with Gasteiger partial charge in [-0.2, -0.15) is 5.10 Å². The summed E-state index contributed by atoms with van der Waals surface area (Å²) >= 11 is 1.10. The Morgan fingerprint density at radius 1 is 1.50 bits per heavy atom. The van der Waals surface area contributed by atoms with Gasteiger partial charge in [-0.05, 0) is 18.4 Å². The predicted molar refractivity (Wildman–Crippen MR) is 76.4 cm³/mol. The summed E-state index contributed by atoms with van der Waals surface area (Å²) in [4.78, 5) is 11.7. The van der Waals surface area contributed by atoms with Crippen molar-refractivity contribution < 1.29 is 13.2 Å². The number of aryl methyl sites for hydroxylation is 1. The van der Waals surface area contributed by atoms with Crippen molar-refractivity contribution in [2.24, 2.45) is 0 Å². The molecule has 108 valence electrons. The Morgan fingerprint density at radius 3 is 2.80 bits per heavy atom. The molecule has 0 aromatic carbocycles. The van der Waals surface area contributed by atoms with Crippen LogP contribution in [0, 0.1) is 0 Å². The van der Waals surface area contributed by atoms with Crippen LogP contribution in [0.4, 0.5) is 5.69 Å². The van der Waals surface area contributed by atoms with Crippen molar-refractivity contribution in [3.05, 3.63) is 29.4 Å². The number of anilines is 1. The van der Waals surface area contributed by atoms with Gasteiger partial charge in [0, 0.05) is 19.8 Å². The Morgan fingerprint density at radius 2 is 2.25 bits per heavy atom. The lowest BCUT2D eigenvalue weighted by atomic mass is 10.3. The highest BCUT2D eigenvalue weighted by atomic mass is 32.2. The van der Waals surface area contributed by atoms with Crippen molar-refractivity contribution in [1.82, 2.24) is 15.1 Å². The van der Waals surface area contributed by atoms with E-state index in [2.05, 4.69) is 15.1 Å². The van der Waals surface area contributed by atoms with Gasteiger partial charge < -0.3 is 5.32 Å². The monoisotopic (exact) mass is 314 g/mol. The molecule has 0 saturated carbocycles. The lowest BCUT2D eigenvalue weighted by molar-refractivity contribution is 0.0958. The second-order valence-electron chi connectivity index (χ2n) is 3.86. The molecular formula is C11H14N4O3S2. The Balaban J connectivity index is 2.38. The molecule has 9 heteroatoms. The fourth-order valence-electron chi connectivity index (χ4n) is 1.56. The number of hydrogen-bond donors (Lipinski definition) is 2. The van der Waals surface area contributed by atoms with E-state index in [4.69, 9.17) is 0 Å². The van der Waals surface area contributed by atoms with E-state index in [0.29, 0.717) is 6.54 Å². The topological polar surface area (TPSA) is 93.1 Å². The molecule has 0 atom stereocenters. The summed E-state index contributed by atoms with van der Waals surface area (Å²) in [6.07, 6.45) is 1.50. The number of rotatable bonds is 5. The molecule has 0 saturated heterocycles. The van der Waals surface area contributed by atoms with Crippen LogP contribution < -0.4 is 10.0 Å². The molecular weight excluding hydrogens is 300 g/mol. The van der Waals surface area contributed by atoms with Crippen LogP contribution in [0.15, 0.2) is 27.9 Å². The van der Waals surface area contributed by atoms with Gasteiger partial charge in [0.2, 0.25) is 0 Å². The first-order valence-electron chi connectivity index (χ1n) is 5.83. The van der Waals surface area contributed by atoms with Gasteiger partial charge in [-0.3, -0.25) is 14.2 Å². The van der Waals surface area contributed by atoms with Crippen LogP contribution in [0.3, 0.4) is 0 Å². The molecule has 2 N–H and O–H groups in total. The molecule has 2 aromatic heterocycles. The first-order valence-corrected chi connectivity index (χ1v) is 8.20. The zero-order chi connectivity index (χ0) is 14.8. The first-order chi connectivity index (χ1) is 9.47. The fourth-order valence-corrected chi connectivity index (χ4v) is 3.60. The number of amides is 1. The number of carbonyl (C=O) groups is 1. The largest absolute Gasteiger partial charge is 0.354 e. The highest BCUT2D eigenvalue weighted by molar-refractivity contribution is 7.94. The van der Waals surface area contributed by atoms with Crippen molar-refractivity contribution in [2.45, 2.75) is 17.7 Å². The molecule has 7 nitrogen and oxygen atoms in total. The number of thiophene rings is 1. The number of carbonyl (C=O) groups excluding carboxylic acids is 1. The lowest BCUT2D eigenvalue weighted by Crippen LogP contribution is -2.21. The third-order valence-corrected chi connectivity index (χ3v) is 5.30. The number of nitrogens with zero attached hydrogens (tertiary/aromatic N) is 2. The van der Waals surface area contributed by atoms with Crippen LogP contribution in [0.25, 0.3) is 0 Å². The van der Waals surface area contributed by atoms with Gasteiger partial charge in [0.05, 0.1) is 5.69 Å². The summed E-state index contributed by atoms with van der Waals surface area (Å²) in [7, 11) is -2.23. The fraction of sp³-hybridized carbons (Fsp3) is 0.273. The van der Waals surface area contributed by atoms with Gasteiger partial charge >= 0.3 is 0 Å². The van der Waals surface area contributed by atoms with Gasteiger partial charge in [0.25, 0.3) is 15.9 Å². The molecule has 0 bridgehead atoms. The minimum Gasteiger partial charge on any atom is -0.354 e. The Labute approximate surface area is 120 Å². The molecule has 0 spiro atoms. The van der Waals surface area contributed by atoms with E-state index in [0.717, 1.165) is 11.3 Å². The van der Waals surface area contributed by atoms with Gasteiger partial charge in [-0.15, -0.1) is 11.3 Å². The normalized spacial score (nSPS) is 11.3. The zero-order valence-electron chi connectivity index (χ0n) is 11.0. The SMILES string of the molecule is CCn1cc(NS(=O)(=O)c2cccs2)c(C(=O)NC)n1. The standard InChI is InChI=1S/C11H14N4O3S2/c1-3-15-7-8(10(13-15)11(16)12-2)14-20(17,18)9-5-4-6-19-9/h4-7,14H,3H2,1-2H3,(H,12,16). The number of aromatic nitrogens is 2. The number of sulfonamides is 1. The molecule has 2 aromatic rings. The predicted octanol–water partition coefficient (Wildman–Crippen LogP) is 1.12. The average molecular weight is 314 g/mol. The van der Waals surface area contributed by atoms with Crippen LogP contribution in [0.2, 0.25) is 0 Å². The minimum absolute atomic E-state index is 0.0504. The smallest absolute Gasteiger partial charge is 0.273 e. The van der Waals surface area contributed by atoms with E-state index in [1.807, 2.05) is 6.92 Å². The Kier molecular flexibility index (Phi) is 4.09. The summed E-state index contributed by atoms with van der Waals surface area (Å²) in [6, 6.07) is 3.14. The third-order valence-electron chi connectivity index (χ3n) is 2.53. The average Bonchev–Trinajstić information content (AvgIpc) is 3.06. The lowest BCUT2D eigenvalue weighted by Gasteiger charge is -2.05. The first kappa shape index (κ1) is 14.5. The van der Waals surface area contributed by atoms with Gasteiger partial charge in [0.15, 0.2) is 5.69 Å². The van der Waals surface area contributed by atoms with Crippen LogP contribution >= 0.6 is 11.3 Å². The summed E-state index contributed by atoms with van der Waals surface area (Å²) in [5, 5.41) is 8.15. The maximum Gasteiger partial charge on any atom is 0.273 e. The van der Waals surface area contributed by atoms with Crippen molar-refractivity contribution in [3.8, 4) is 0 Å². The van der Waals surface area contributed by atoms with Crippen molar-refractivity contribution >= 4 is 33.0 Å². The third kappa shape index (κ3) is 2.83. The molecule has 0 fully saturated rings. The van der Waals surface area contributed by atoms with E-state index >= 15 is 0 Å². The molecule has 0 unspecified atom stereocenters. The van der Waals surface area contributed by atoms with E-state index in [9.17, 15) is 13.2 Å². The van der Waals surface area contributed by atoms with Gasteiger partial charge in [-0.25, -0.2) is 8.42 Å². The summed E-state index contributed by atoms with van der Waals surface area (Å²) in [5.41, 5.74) is 0.217. The molecule has 0 aliphatic rings. The summed E-state index contributed by atoms with van der Waals surface area (Å²) in [5.74, 6) is -0.443. The Bertz CT molecular complexity index is 704. The van der Waals surface area contributed by atoms with Crippen LogP contribution in [-0.4, -0.2) is 31.2 Å². The van der Waals surface area contributed by atoms with E-state index in [1.54, 1.807) is 11.4 Å². The van der Waals surface area contributed by atoms with Crippen molar-refractivity contribution in [1.29, 1.82) is 0 Å². The van der Waals surface area contributed by atoms with Crippen LogP contribution in [0.5, 0.6) is 0 Å². The summed E-state index contributed by atoms with van der Waals surface area (Å²) < 4.78 is 28.4. The maximum atomic E-state index is 12.2. The molecule has 0 aliphatic heterocycles. The summed E-state index contributed by atoms with van der Waals surface area (Å²) in [6.45, 7) is 2.38. The highest BCUT2D eigenvalue weighted by Gasteiger charge is 2.22. The second-order valence-corrected chi connectivity index (χ2v) is 6.72. The molecule has 0 aliphatic carbocycles. The van der Waals surface area contributed by atoms with E-state index in [1.165, 1.54) is 24.0 Å². The van der Waals surface area contributed by atoms with Crippen LogP contribution in [0.1, 0.15) is 17.4 Å². The van der Waals surface area contributed by atoms with Crippen LogP contribution in [-0.2, 0) is 16.6 Å². The van der Waals surface area contributed by atoms with Crippen molar-refractivity contribution in [3.63, 3.8) is 0 Å².